The number of nitrogens with two attached hydrogens (primary N) is 1. The van der Waals surface area contributed by atoms with Crippen LogP contribution in [0.2, 0.25) is 0 Å². The largest absolute Gasteiger partial charge is 0.366 e. The van der Waals surface area contributed by atoms with Crippen LogP contribution in [-0.4, -0.2) is 33.9 Å². The van der Waals surface area contributed by atoms with Crippen molar-refractivity contribution in [2.75, 3.05) is 29.0 Å². The molecule has 26 heavy (non-hydrogen) atoms. The van der Waals surface area contributed by atoms with Gasteiger partial charge in [0.25, 0.3) is 5.91 Å². The van der Waals surface area contributed by atoms with Gasteiger partial charge in [0.1, 0.15) is 0 Å². The van der Waals surface area contributed by atoms with Crippen LogP contribution in [0.25, 0.3) is 0 Å². The van der Waals surface area contributed by atoms with Gasteiger partial charge in [-0.05, 0) is 24.0 Å². The van der Waals surface area contributed by atoms with E-state index in [1.54, 1.807) is 18.2 Å². The molecule has 1 aromatic heterocycles. The first kappa shape index (κ1) is 19.4. The number of primary amides is 1. The number of nitrogens with zero attached hydrogens (tertiary/aromatic N) is 3. The highest BCUT2D eigenvalue weighted by Crippen LogP contribution is 2.20. The summed E-state index contributed by atoms with van der Waals surface area (Å²) in [6.45, 7) is 9.90. The summed E-state index contributed by atoms with van der Waals surface area (Å²) >= 11 is 0. The second-order valence-electron chi connectivity index (χ2n) is 6.89. The molecule has 1 aromatic carbocycles. The minimum absolute atomic E-state index is 0.339. The first-order chi connectivity index (χ1) is 12.3. The topological polar surface area (TPSA) is 118 Å². The number of aromatic nitrogens is 3. The molecular weight excluding hydrogens is 330 g/mol. The molecule has 0 radical (unpaired) electrons. The van der Waals surface area contributed by atoms with Gasteiger partial charge in [-0.1, -0.05) is 39.8 Å². The van der Waals surface area contributed by atoms with Gasteiger partial charge in [-0.25, -0.2) is 0 Å². The Morgan fingerprint density at radius 2 is 1.42 bits per heavy atom. The van der Waals surface area contributed by atoms with Crippen LogP contribution in [0.5, 0.6) is 0 Å². The van der Waals surface area contributed by atoms with Crippen molar-refractivity contribution in [2.24, 2.45) is 17.6 Å². The molecule has 8 heteroatoms. The maximum atomic E-state index is 11.6. The average molecular weight is 357 g/mol. The van der Waals surface area contributed by atoms with E-state index < -0.39 is 5.91 Å². The summed E-state index contributed by atoms with van der Waals surface area (Å²) in [6.07, 6.45) is 0. The number of rotatable bonds is 9. The third-order valence-electron chi connectivity index (χ3n) is 3.41. The van der Waals surface area contributed by atoms with E-state index in [1.165, 1.54) is 0 Å². The van der Waals surface area contributed by atoms with E-state index in [0.29, 0.717) is 40.9 Å². The van der Waals surface area contributed by atoms with E-state index in [2.05, 4.69) is 58.6 Å². The number of carbonyl (C=O) groups excluding carboxylic acids is 1. The Labute approximate surface area is 154 Å². The average Bonchev–Trinajstić information content (AvgIpc) is 2.58. The van der Waals surface area contributed by atoms with Crippen LogP contribution >= 0.6 is 0 Å². The molecule has 0 bridgehead atoms. The normalized spacial score (nSPS) is 10.8. The lowest BCUT2D eigenvalue weighted by atomic mass is 10.1. The first-order valence-corrected chi connectivity index (χ1v) is 8.74. The third-order valence-corrected chi connectivity index (χ3v) is 3.41. The summed E-state index contributed by atoms with van der Waals surface area (Å²) in [7, 11) is 0. The van der Waals surface area contributed by atoms with Crippen molar-refractivity contribution in [1.29, 1.82) is 0 Å². The van der Waals surface area contributed by atoms with Gasteiger partial charge in [-0.2, -0.15) is 15.0 Å². The molecule has 0 saturated heterocycles. The number of hydrogen-bond donors (Lipinski definition) is 4. The lowest BCUT2D eigenvalue weighted by molar-refractivity contribution is 0.100. The van der Waals surface area contributed by atoms with Gasteiger partial charge in [0.2, 0.25) is 17.8 Å². The van der Waals surface area contributed by atoms with Crippen LogP contribution in [0.15, 0.2) is 24.3 Å². The maximum Gasteiger partial charge on any atom is 0.250 e. The minimum atomic E-state index is -0.515. The summed E-state index contributed by atoms with van der Waals surface area (Å²) in [4.78, 5) is 24.8. The second kappa shape index (κ2) is 8.98. The molecular formula is C18H27N7O. The lowest BCUT2D eigenvalue weighted by Crippen LogP contribution is -2.17. The molecule has 0 saturated carbocycles. The van der Waals surface area contributed by atoms with Crippen LogP contribution < -0.4 is 21.7 Å². The molecule has 0 spiro atoms. The van der Waals surface area contributed by atoms with Crippen molar-refractivity contribution in [1.82, 2.24) is 15.0 Å². The first-order valence-electron chi connectivity index (χ1n) is 8.74. The third kappa shape index (κ3) is 5.87. The Hall–Kier alpha value is -2.90. The number of amides is 1. The van der Waals surface area contributed by atoms with Crippen molar-refractivity contribution < 1.29 is 4.79 Å². The van der Waals surface area contributed by atoms with Crippen molar-refractivity contribution in [3.05, 3.63) is 29.8 Å². The fraction of sp³-hybridized carbons (Fsp3) is 0.444. The molecule has 140 valence electrons. The number of para-hydroxylation sites is 1. The van der Waals surface area contributed by atoms with E-state index in [0.717, 1.165) is 13.1 Å². The second-order valence-corrected chi connectivity index (χ2v) is 6.89. The van der Waals surface area contributed by atoms with E-state index in [-0.39, 0.29) is 0 Å². The number of nitrogens with one attached hydrogen (secondary N) is 3. The van der Waals surface area contributed by atoms with Crippen LogP contribution in [0.4, 0.5) is 23.5 Å². The molecule has 0 aliphatic rings. The van der Waals surface area contributed by atoms with Crippen molar-refractivity contribution in [2.45, 2.75) is 27.7 Å². The zero-order valence-electron chi connectivity index (χ0n) is 15.7. The molecule has 0 unspecified atom stereocenters. The lowest BCUT2D eigenvalue weighted by Gasteiger charge is -2.14. The predicted molar refractivity (Wildman–Crippen MR) is 105 cm³/mol. The zero-order valence-corrected chi connectivity index (χ0v) is 15.7. The predicted octanol–water partition coefficient (Wildman–Crippen LogP) is 2.85. The van der Waals surface area contributed by atoms with Crippen molar-refractivity contribution >= 4 is 29.4 Å². The number of benzene rings is 1. The number of carbonyl (C=O) groups is 1. The Bertz CT molecular complexity index is 716. The fourth-order valence-electron chi connectivity index (χ4n) is 2.11. The van der Waals surface area contributed by atoms with Gasteiger partial charge in [-0.3, -0.25) is 4.79 Å². The number of anilines is 4. The SMILES string of the molecule is CC(C)CNc1nc(NCC(C)C)nc(Nc2ccccc2C(N)=O)n1. The van der Waals surface area contributed by atoms with Gasteiger partial charge < -0.3 is 21.7 Å². The van der Waals surface area contributed by atoms with Gasteiger partial charge in [-0.15, -0.1) is 0 Å². The van der Waals surface area contributed by atoms with Crippen LogP contribution in [-0.2, 0) is 0 Å². The highest BCUT2D eigenvalue weighted by Gasteiger charge is 2.11. The van der Waals surface area contributed by atoms with Crippen molar-refractivity contribution in [3.63, 3.8) is 0 Å². The fourth-order valence-corrected chi connectivity index (χ4v) is 2.11. The molecule has 0 fully saturated rings. The maximum absolute atomic E-state index is 11.6. The molecule has 0 aliphatic heterocycles. The Morgan fingerprint density at radius 1 is 0.923 bits per heavy atom. The zero-order chi connectivity index (χ0) is 19.1. The molecule has 1 heterocycles. The molecule has 2 aromatic rings. The number of hydrogen-bond acceptors (Lipinski definition) is 7. The van der Waals surface area contributed by atoms with Gasteiger partial charge >= 0.3 is 0 Å². The highest BCUT2D eigenvalue weighted by atomic mass is 16.1. The summed E-state index contributed by atoms with van der Waals surface area (Å²) in [5, 5.41) is 9.47. The summed E-state index contributed by atoms with van der Waals surface area (Å²) in [5.41, 5.74) is 6.36. The van der Waals surface area contributed by atoms with Crippen LogP contribution in [0.3, 0.4) is 0 Å². The van der Waals surface area contributed by atoms with E-state index >= 15 is 0 Å². The van der Waals surface area contributed by atoms with Gasteiger partial charge in [0, 0.05) is 13.1 Å². The Balaban J connectivity index is 2.29. The molecule has 0 atom stereocenters. The van der Waals surface area contributed by atoms with Gasteiger partial charge in [0.05, 0.1) is 11.3 Å². The molecule has 2 rings (SSSR count). The monoisotopic (exact) mass is 357 g/mol. The molecule has 0 aliphatic carbocycles. The molecule has 1 amide bonds. The summed E-state index contributed by atoms with van der Waals surface area (Å²) < 4.78 is 0. The van der Waals surface area contributed by atoms with Gasteiger partial charge in [0.15, 0.2) is 0 Å². The quantitative estimate of drug-likeness (QED) is 0.545. The van der Waals surface area contributed by atoms with Crippen LogP contribution in [0.1, 0.15) is 38.1 Å². The van der Waals surface area contributed by atoms with E-state index in [1.807, 2.05) is 6.07 Å². The van der Waals surface area contributed by atoms with Crippen molar-refractivity contribution in [3.8, 4) is 0 Å². The molecule has 8 nitrogen and oxygen atoms in total. The van der Waals surface area contributed by atoms with E-state index in [4.69, 9.17) is 5.73 Å². The van der Waals surface area contributed by atoms with E-state index in [9.17, 15) is 4.79 Å². The summed E-state index contributed by atoms with van der Waals surface area (Å²) in [6, 6.07) is 6.98. The highest BCUT2D eigenvalue weighted by molar-refractivity contribution is 5.98. The smallest absolute Gasteiger partial charge is 0.250 e. The Kier molecular flexibility index (Phi) is 6.71. The molecule has 5 N–H and O–H groups in total. The van der Waals surface area contributed by atoms with Crippen LogP contribution in [0, 0.1) is 11.8 Å². The summed E-state index contributed by atoms with van der Waals surface area (Å²) in [5.74, 6) is 1.67. The minimum Gasteiger partial charge on any atom is -0.366 e. The Morgan fingerprint density at radius 3 is 1.92 bits per heavy atom. The standard InChI is InChI=1S/C18H27N7O/c1-11(2)9-20-16-23-17(21-10-12(3)4)25-18(24-16)22-14-8-6-5-7-13(14)15(19)26/h5-8,11-12H,9-10H2,1-4H3,(H2,19,26)(H3,20,21,22,23,24,25).